The Hall–Kier alpha value is -2.64. The quantitative estimate of drug-likeness (QED) is 0.0902. The van der Waals surface area contributed by atoms with Gasteiger partial charge < -0.3 is 41.5 Å². The van der Waals surface area contributed by atoms with Gasteiger partial charge in [0.1, 0.15) is 6.10 Å². The van der Waals surface area contributed by atoms with E-state index in [1.165, 1.54) is 39.0 Å². The van der Waals surface area contributed by atoms with Crippen LogP contribution in [0.5, 0.6) is 0 Å². The summed E-state index contributed by atoms with van der Waals surface area (Å²) in [6.07, 6.45) is 10.8. The second-order valence-corrected chi connectivity index (χ2v) is 7.65. The van der Waals surface area contributed by atoms with Crippen molar-refractivity contribution in [3.8, 4) is 0 Å². The first-order valence-electron chi connectivity index (χ1n) is 12.0. The zero-order valence-electron chi connectivity index (χ0n) is 22.5. The van der Waals surface area contributed by atoms with Crippen LogP contribution in [0.25, 0.3) is 6.08 Å². The Bertz CT molecular complexity index is 853. The van der Waals surface area contributed by atoms with E-state index in [1.807, 2.05) is 30.3 Å². The molecule has 12 heteroatoms. The van der Waals surface area contributed by atoms with Crippen LogP contribution in [0.4, 0.5) is 0 Å². The van der Waals surface area contributed by atoms with Crippen molar-refractivity contribution in [3.63, 3.8) is 0 Å². The van der Waals surface area contributed by atoms with Crippen molar-refractivity contribution in [2.45, 2.75) is 51.6 Å². The monoisotopic (exact) mass is 584 g/mol. The predicted molar refractivity (Wildman–Crippen MR) is 140 cm³/mol. The number of pyridine rings is 1. The summed E-state index contributed by atoms with van der Waals surface area (Å²) in [5.41, 5.74) is 6.30. The normalized spacial score (nSPS) is 9.64. The van der Waals surface area contributed by atoms with Crippen LogP contribution in [0.2, 0.25) is 0 Å². The summed E-state index contributed by atoms with van der Waals surface area (Å²) in [6.45, 7) is 1.93. The Kier molecular flexibility index (Phi) is 33.3. The third-order valence-corrected chi connectivity index (χ3v) is 4.62. The number of carbonyl (C=O) groups is 2. The summed E-state index contributed by atoms with van der Waals surface area (Å²) in [5, 5.41) is 24.0. The minimum Gasteiger partial charge on any atom is -2.00 e. The van der Waals surface area contributed by atoms with Crippen molar-refractivity contribution in [1.29, 1.82) is 0 Å². The molecule has 1 aromatic carbocycles. The number of aliphatic hydroxyl groups is 3. The third-order valence-electron chi connectivity index (χ3n) is 4.62. The first kappa shape index (κ1) is 43.4. The Morgan fingerprint density at radius 1 is 0.974 bits per heavy atom. The van der Waals surface area contributed by atoms with E-state index < -0.39 is 18.0 Å². The molecule has 0 aliphatic heterocycles. The van der Waals surface area contributed by atoms with E-state index in [2.05, 4.69) is 11.9 Å². The summed E-state index contributed by atoms with van der Waals surface area (Å²) >= 11 is 0. The molecule has 0 aliphatic carbocycles. The van der Waals surface area contributed by atoms with Crippen molar-refractivity contribution in [2.75, 3.05) is 26.9 Å². The van der Waals surface area contributed by atoms with Gasteiger partial charge in [-0.25, -0.2) is 4.79 Å². The molecule has 0 saturated heterocycles. The third kappa shape index (κ3) is 24.2. The zero-order valence-corrected chi connectivity index (χ0v) is 24.1. The number of carbonyl (C=O) groups excluding carboxylic acids is 2. The van der Waals surface area contributed by atoms with Crippen LogP contribution in [0.3, 0.4) is 0 Å². The van der Waals surface area contributed by atoms with E-state index in [9.17, 15) is 9.59 Å². The standard InChI is InChI=1S/C18H26O3.C6H6N2O.C3H8O3.2O.Ti/c1-3-4-5-6-7-11-14-21-18(19)17(20-2)15-16-12-9-8-10-13-16;7-6(9)5-2-1-3-8-4-5;4-1-3(6)2-5;;;/h8-10,12-13,15H,3-7,11,14H2,1-2H3;1-4H,(H2,7,9);3-6H,1-2H2;;;/q;;;2*-2;+4. The molecule has 0 fully saturated rings. The van der Waals surface area contributed by atoms with E-state index in [0.29, 0.717) is 12.2 Å². The number of nitrogens with zero attached hydrogens (tertiary/aromatic N) is 1. The van der Waals surface area contributed by atoms with Gasteiger partial charge in [-0.2, -0.15) is 0 Å². The van der Waals surface area contributed by atoms with E-state index >= 15 is 0 Å². The van der Waals surface area contributed by atoms with E-state index in [-0.39, 0.29) is 51.6 Å². The second kappa shape index (κ2) is 29.9. The number of aromatic nitrogens is 1. The molecule has 11 nitrogen and oxygen atoms in total. The molecule has 0 unspecified atom stereocenters. The van der Waals surface area contributed by atoms with Crippen LogP contribution in [0, 0.1) is 0 Å². The van der Waals surface area contributed by atoms with Crippen LogP contribution in [0.1, 0.15) is 61.4 Å². The number of methoxy groups -OCH3 is 1. The molecule has 39 heavy (non-hydrogen) atoms. The van der Waals surface area contributed by atoms with Crippen molar-refractivity contribution < 1.29 is 67.1 Å². The topological polar surface area (TPSA) is 209 Å². The van der Waals surface area contributed by atoms with Gasteiger partial charge in [0.25, 0.3) is 0 Å². The summed E-state index contributed by atoms with van der Waals surface area (Å²) in [7, 11) is 1.49. The summed E-state index contributed by atoms with van der Waals surface area (Å²) in [4.78, 5) is 26.0. The molecule has 1 heterocycles. The Morgan fingerprint density at radius 3 is 2.00 bits per heavy atom. The molecule has 0 spiro atoms. The molecule has 0 bridgehead atoms. The molecular formula is C27H40N2O9Ti. The number of amides is 1. The van der Waals surface area contributed by atoms with Gasteiger partial charge >= 0.3 is 27.7 Å². The number of primary amides is 1. The van der Waals surface area contributed by atoms with Gasteiger partial charge in [-0.1, -0.05) is 69.4 Å². The Morgan fingerprint density at radius 2 is 1.56 bits per heavy atom. The van der Waals surface area contributed by atoms with Gasteiger partial charge in [0.2, 0.25) is 11.7 Å². The number of rotatable bonds is 13. The van der Waals surface area contributed by atoms with Gasteiger partial charge in [0.05, 0.1) is 32.5 Å². The van der Waals surface area contributed by atoms with Crippen molar-refractivity contribution in [2.24, 2.45) is 5.73 Å². The van der Waals surface area contributed by atoms with Crippen molar-refractivity contribution in [3.05, 3.63) is 71.7 Å². The first-order chi connectivity index (χ1) is 17.4. The fraction of sp³-hybridized carbons (Fsp3) is 0.444. The van der Waals surface area contributed by atoms with Crippen LogP contribution in [-0.2, 0) is 46.9 Å². The minimum atomic E-state index is -0.954. The maximum Gasteiger partial charge on any atom is 4.00 e. The number of hydrogen-bond donors (Lipinski definition) is 4. The molecule has 216 valence electrons. The zero-order chi connectivity index (χ0) is 27.0. The average Bonchev–Trinajstić information content (AvgIpc) is 2.92. The van der Waals surface area contributed by atoms with E-state index in [0.717, 1.165) is 18.4 Å². The molecule has 5 N–H and O–H groups in total. The fourth-order valence-corrected chi connectivity index (χ4v) is 2.59. The summed E-state index contributed by atoms with van der Waals surface area (Å²) in [5.74, 6) is -0.592. The van der Waals surface area contributed by atoms with Gasteiger partial charge in [-0.05, 0) is 30.2 Å². The Balaban J connectivity index is -0.000000283. The largest absolute Gasteiger partial charge is 4.00 e. The number of hydrogen-bond acceptors (Lipinski definition) is 8. The molecule has 0 radical (unpaired) electrons. The predicted octanol–water partition coefficient (Wildman–Crippen LogP) is 2.85. The molecule has 1 amide bonds. The first-order valence-corrected chi connectivity index (χ1v) is 12.0. The van der Waals surface area contributed by atoms with E-state index in [1.54, 1.807) is 24.4 Å². The fourth-order valence-electron chi connectivity index (χ4n) is 2.59. The Labute approximate surface area is 245 Å². The molecular weight excluding hydrogens is 544 g/mol. The van der Waals surface area contributed by atoms with E-state index in [4.69, 9.17) is 30.5 Å². The van der Waals surface area contributed by atoms with Gasteiger partial charge in [0, 0.05) is 12.4 Å². The molecule has 2 aromatic rings. The van der Waals surface area contributed by atoms with Crippen LogP contribution < -0.4 is 5.73 Å². The van der Waals surface area contributed by atoms with Crippen LogP contribution >= 0.6 is 0 Å². The SMILES string of the molecule is CCCCCCCCOC(=O)C(=Cc1ccccc1)OC.NC(=O)c1cccnc1.OCC(O)CO.[O-2].[O-2].[Ti+4]. The summed E-state index contributed by atoms with van der Waals surface area (Å²) in [6, 6.07) is 12.9. The van der Waals surface area contributed by atoms with Crippen LogP contribution in [0.15, 0.2) is 60.6 Å². The number of ether oxygens (including phenoxy) is 2. The number of aliphatic hydroxyl groups excluding tert-OH is 3. The van der Waals surface area contributed by atoms with Gasteiger partial charge in [-0.15, -0.1) is 0 Å². The van der Waals surface area contributed by atoms with Crippen molar-refractivity contribution in [1.82, 2.24) is 4.98 Å². The summed E-state index contributed by atoms with van der Waals surface area (Å²) < 4.78 is 10.4. The molecule has 0 saturated carbocycles. The maximum absolute atomic E-state index is 11.9. The molecule has 0 atom stereocenters. The number of unbranched alkanes of at least 4 members (excludes halogenated alkanes) is 5. The minimum absolute atomic E-state index is 0. The number of benzene rings is 1. The molecule has 0 aliphatic rings. The average molecular weight is 584 g/mol. The van der Waals surface area contributed by atoms with Crippen LogP contribution in [-0.4, -0.2) is 65.2 Å². The maximum atomic E-state index is 11.9. The molecule has 2 rings (SSSR count). The second-order valence-electron chi connectivity index (χ2n) is 7.65. The smallest absolute Gasteiger partial charge is 2.00 e. The molecule has 1 aromatic heterocycles. The number of nitrogens with two attached hydrogens (primary N) is 1. The van der Waals surface area contributed by atoms with Gasteiger partial charge in [-0.3, -0.25) is 9.78 Å². The van der Waals surface area contributed by atoms with Gasteiger partial charge in [0.15, 0.2) is 0 Å². The number of esters is 1. The van der Waals surface area contributed by atoms with Crippen molar-refractivity contribution >= 4 is 18.0 Å².